The van der Waals surface area contributed by atoms with E-state index in [1.165, 1.54) is 17.0 Å². The highest BCUT2D eigenvalue weighted by molar-refractivity contribution is 7.94. The fraction of sp³-hybridized carbons (Fsp3) is 0.381. The predicted octanol–water partition coefficient (Wildman–Crippen LogP) is 3.29. The van der Waals surface area contributed by atoms with Crippen LogP contribution >= 0.6 is 0 Å². The summed E-state index contributed by atoms with van der Waals surface area (Å²) in [5.41, 5.74) is 3.90. The molecule has 2 aliphatic heterocycles. The van der Waals surface area contributed by atoms with E-state index in [9.17, 15) is 47.4 Å². The molecule has 0 aliphatic carbocycles. The van der Waals surface area contributed by atoms with Crippen LogP contribution in [0.3, 0.4) is 0 Å². The van der Waals surface area contributed by atoms with Crippen molar-refractivity contribution in [3.05, 3.63) is 107 Å². The van der Waals surface area contributed by atoms with Gasteiger partial charge in [-0.1, -0.05) is 74.0 Å². The van der Waals surface area contributed by atoms with Gasteiger partial charge >= 0.3 is 11.9 Å². The second-order valence-electron chi connectivity index (χ2n) is 14.9. The summed E-state index contributed by atoms with van der Waals surface area (Å²) in [6.45, 7) is 5.35. The Labute approximate surface area is 337 Å². The first kappa shape index (κ1) is 43.1. The van der Waals surface area contributed by atoms with E-state index < -0.39 is 88.0 Å². The number of para-hydroxylation sites is 1. The molecule has 0 bridgehead atoms. The molecule has 6 N–H and O–H groups in total. The van der Waals surface area contributed by atoms with Gasteiger partial charge in [-0.15, -0.1) is 0 Å². The average molecular weight is 816 g/mol. The molecule has 3 aromatic carbocycles. The van der Waals surface area contributed by atoms with E-state index in [0.717, 1.165) is 33.9 Å². The Morgan fingerprint density at radius 3 is 2.26 bits per heavy atom. The van der Waals surface area contributed by atoms with Crippen LogP contribution in [0.15, 0.2) is 89.2 Å². The van der Waals surface area contributed by atoms with E-state index in [1.54, 1.807) is 44.2 Å². The summed E-state index contributed by atoms with van der Waals surface area (Å²) in [5.74, 6) is -5.45. The normalized spacial score (nSPS) is 17.6. The van der Waals surface area contributed by atoms with Crippen LogP contribution in [0.4, 0.5) is 5.69 Å². The van der Waals surface area contributed by atoms with Gasteiger partial charge < -0.3 is 36.4 Å². The van der Waals surface area contributed by atoms with Gasteiger partial charge in [0.05, 0.1) is 17.4 Å². The minimum absolute atomic E-state index is 0.0220. The number of fused-ring (bicyclic) bond motifs is 2. The van der Waals surface area contributed by atoms with Crippen molar-refractivity contribution in [3.63, 3.8) is 0 Å². The van der Waals surface area contributed by atoms with Crippen LogP contribution in [0, 0.1) is 12.8 Å². The Hall–Kier alpha value is -6.03. The first-order valence-corrected chi connectivity index (χ1v) is 20.7. The fourth-order valence-electron chi connectivity index (χ4n) is 7.18. The highest BCUT2D eigenvalue weighted by Crippen LogP contribution is 2.32. The second-order valence-corrected chi connectivity index (χ2v) is 16.8. The Kier molecular flexibility index (Phi) is 14.1. The summed E-state index contributed by atoms with van der Waals surface area (Å²) in [4.78, 5) is 80.9. The highest BCUT2D eigenvalue weighted by atomic mass is 32.2. The van der Waals surface area contributed by atoms with Crippen LogP contribution < -0.4 is 21.3 Å². The number of nitrogens with one attached hydrogen (secondary N) is 4. The minimum Gasteiger partial charge on any atom is -0.481 e. The summed E-state index contributed by atoms with van der Waals surface area (Å²) in [6.07, 6.45) is 0.968. The van der Waals surface area contributed by atoms with Gasteiger partial charge in [0.2, 0.25) is 23.6 Å². The second kappa shape index (κ2) is 18.9. The van der Waals surface area contributed by atoms with Crippen LogP contribution in [0.1, 0.15) is 67.8 Å². The van der Waals surface area contributed by atoms with Gasteiger partial charge in [-0.2, -0.15) is 0 Å². The zero-order valence-electron chi connectivity index (χ0n) is 32.5. The van der Waals surface area contributed by atoms with Crippen LogP contribution in [-0.4, -0.2) is 89.8 Å². The van der Waals surface area contributed by atoms with E-state index in [1.807, 2.05) is 37.3 Å². The third-order valence-corrected chi connectivity index (χ3v) is 11.6. The van der Waals surface area contributed by atoms with Crippen LogP contribution in [0.25, 0.3) is 0 Å². The SMILES string of the molecule is Cc1ccc2c(c1)CCN(C(=O)[C@@H](NC(=O)[C@H](CCCC(=O)O)NC(=O)C1Cc3ccccc3N1)C(C)C)[C@@H]2C(=O)N[C@H](/C=C/S(=O)(=O)c1ccccc1)CC(=O)O. The number of carboxylic acid groups (broad SMARTS) is 2. The zero-order valence-corrected chi connectivity index (χ0v) is 33.3. The van der Waals surface area contributed by atoms with E-state index in [0.29, 0.717) is 18.4 Å². The maximum atomic E-state index is 14.6. The monoisotopic (exact) mass is 815 g/mol. The van der Waals surface area contributed by atoms with Crippen molar-refractivity contribution in [2.45, 2.75) is 94.4 Å². The fourth-order valence-corrected chi connectivity index (χ4v) is 8.27. The number of anilines is 1. The molecule has 15 nitrogen and oxygen atoms in total. The number of hydrogen-bond donors (Lipinski definition) is 6. The topological polar surface area (TPSA) is 228 Å². The van der Waals surface area contributed by atoms with E-state index in [4.69, 9.17) is 0 Å². The molecule has 5 rings (SSSR count). The Morgan fingerprint density at radius 2 is 1.59 bits per heavy atom. The molecule has 308 valence electrons. The van der Waals surface area contributed by atoms with Gasteiger partial charge in [0, 0.05) is 30.5 Å². The quantitative estimate of drug-likeness (QED) is 0.116. The lowest BCUT2D eigenvalue weighted by atomic mass is 9.89. The van der Waals surface area contributed by atoms with Crippen molar-refractivity contribution in [1.29, 1.82) is 0 Å². The van der Waals surface area contributed by atoms with Crippen molar-refractivity contribution in [2.75, 3.05) is 11.9 Å². The van der Waals surface area contributed by atoms with E-state index in [-0.39, 0.29) is 30.7 Å². The molecule has 0 aromatic heterocycles. The summed E-state index contributed by atoms with van der Waals surface area (Å²) in [5, 5.41) is 31.1. The van der Waals surface area contributed by atoms with Gasteiger partial charge in [0.15, 0.2) is 9.84 Å². The van der Waals surface area contributed by atoms with E-state index in [2.05, 4.69) is 21.3 Å². The number of hydrogen-bond acceptors (Lipinski definition) is 9. The third kappa shape index (κ3) is 10.9. The molecule has 5 atom stereocenters. The molecule has 0 saturated heterocycles. The number of rotatable bonds is 17. The van der Waals surface area contributed by atoms with Gasteiger partial charge in [-0.25, -0.2) is 8.42 Å². The highest BCUT2D eigenvalue weighted by Gasteiger charge is 2.41. The third-order valence-electron chi connectivity index (χ3n) is 10.2. The molecule has 0 saturated carbocycles. The molecular formula is C42H49N5O10S. The zero-order chi connectivity index (χ0) is 42.1. The van der Waals surface area contributed by atoms with Gasteiger partial charge in [0.1, 0.15) is 24.2 Å². The Bertz CT molecular complexity index is 2150. The van der Waals surface area contributed by atoms with Crippen molar-refractivity contribution in [2.24, 2.45) is 5.92 Å². The predicted molar refractivity (Wildman–Crippen MR) is 214 cm³/mol. The summed E-state index contributed by atoms with van der Waals surface area (Å²) in [7, 11) is -3.99. The molecule has 0 fully saturated rings. The van der Waals surface area contributed by atoms with E-state index >= 15 is 0 Å². The number of carboxylic acids is 2. The maximum Gasteiger partial charge on any atom is 0.305 e. The van der Waals surface area contributed by atoms with Crippen LogP contribution in [0.2, 0.25) is 0 Å². The lowest BCUT2D eigenvalue weighted by molar-refractivity contribution is -0.146. The molecule has 2 heterocycles. The van der Waals surface area contributed by atoms with Crippen molar-refractivity contribution >= 4 is 51.1 Å². The maximum absolute atomic E-state index is 14.6. The number of amides is 4. The molecule has 2 aliphatic rings. The first-order valence-electron chi connectivity index (χ1n) is 19.1. The summed E-state index contributed by atoms with van der Waals surface area (Å²) < 4.78 is 26.0. The Morgan fingerprint density at radius 1 is 0.879 bits per heavy atom. The number of aryl methyl sites for hydroxylation is 1. The lowest BCUT2D eigenvalue weighted by Crippen LogP contribution is -2.59. The first-order chi connectivity index (χ1) is 27.5. The van der Waals surface area contributed by atoms with Gasteiger partial charge in [-0.3, -0.25) is 28.8 Å². The molecule has 0 spiro atoms. The standard InChI is InChI=1S/C42H49N5O10S/c1-25(2)37(46-39(52)33(14-9-15-35(48)49)45-40(53)34-23-28-10-7-8-13-32(28)44-34)42(55)47-20-18-27-22-26(3)16-17-31(27)38(47)41(54)43-29(24-36(50)51)19-21-58(56,57)30-11-5-4-6-12-30/h4-8,10-13,16-17,19,21-22,25,29,33-34,37-38,44H,9,14-15,18,20,23-24H2,1-3H3,(H,43,54)(H,45,53)(H,46,52)(H,48,49)(H,50,51)/b21-19+/t29-,33+,34?,37+,38+/m1/s1. The van der Waals surface area contributed by atoms with Crippen molar-refractivity contribution in [3.8, 4) is 0 Å². The lowest BCUT2D eigenvalue weighted by Gasteiger charge is -2.40. The van der Waals surface area contributed by atoms with Gasteiger partial charge in [0.25, 0.3) is 0 Å². The molecule has 1 unspecified atom stereocenters. The van der Waals surface area contributed by atoms with Crippen LogP contribution in [-0.2, 0) is 51.4 Å². The minimum atomic E-state index is -3.99. The summed E-state index contributed by atoms with van der Waals surface area (Å²) in [6, 6.07) is 14.7. The summed E-state index contributed by atoms with van der Waals surface area (Å²) >= 11 is 0. The molecule has 58 heavy (non-hydrogen) atoms. The number of carbonyl (C=O) groups excluding carboxylic acids is 4. The molecule has 3 aromatic rings. The number of sulfone groups is 1. The van der Waals surface area contributed by atoms with Crippen LogP contribution in [0.5, 0.6) is 0 Å². The number of aliphatic carboxylic acids is 2. The molecule has 0 radical (unpaired) electrons. The number of benzene rings is 3. The van der Waals surface area contributed by atoms with Crippen molar-refractivity contribution < 1.29 is 47.4 Å². The smallest absolute Gasteiger partial charge is 0.305 e. The number of carbonyl (C=O) groups is 6. The largest absolute Gasteiger partial charge is 0.481 e. The molecule has 4 amide bonds. The Balaban J connectivity index is 1.39. The molecule has 16 heteroatoms. The molecular weight excluding hydrogens is 767 g/mol. The van der Waals surface area contributed by atoms with Gasteiger partial charge in [-0.05, 0) is 73.1 Å². The van der Waals surface area contributed by atoms with Crippen molar-refractivity contribution in [1.82, 2.24) is 20.9 Å². The average Bonchev–Trinajstić information content (AvgIpc) is 3.62. The number of nitrogens with zero attached hydrogens (tertiary/aromatic N) is 1.